The summed E-state index contributed by atoms with van der Waals surface area (Å²) in [4.78, 5) is 8.36. The van der Waals surface area contributed by atoms with Gasteiger partial charge in [-0.25, -0.2) is 4.98 Å². The summed E-state index contributed by atoms with van der Waals surface area (Å²) in [7, 11) is 0. The highest BCUT2D eigenvalue weighted by Gasteiger charge is 2.17. The second-order valence-electron chi connectivity index (χ2n) is 12.8. The molecule has 0 amide bonds. The fraction of sp³-hybridized carbons (Fsp3) is 0. The van der Waals surface area contributed by atoms with E-state index in [2.05, 4.69) is 181 Å². The first-order valence-electron chi connectivity index (χ1n) is 17.0. The van der Waals surface area contributed by atoms with Gasteiger partial charge in [-0.1, -0.05) is 133 Å². The van der Waals surface area contributed by atoms with Gasteiger partial charge in [0.2, 0.25) is 0 Å². The number of benzene rings is 8. The Labute approximate surface area is 294 Å². The number of fused-ring (bicyclic) bond motifs is 8. The lowest BCUT2D eigenvalue weighted by molar-refractivity contribution is 1.26. The summed E-state index contributed by atoms with van der Waals surface area (Å²) in [5.41, 5.74) is 8.03. The van der Waals surface area contributed by atoms with Gasteiger partial charge in [-0.15, -0.1) is 11.3 Å². The van der Waals surface area contributed by atoms with Crippen molar-refractivity contribution in [2.75, 3.05) is 4.90 Å². The van der Waals surface area contributed by atoms with Gasteiger partial charge in [0.05, 0.1) is 11.9 Å². The first-order chi connectivity index (χ1) is 24.8. The average Bonchev–Trinajstić information content (AvgIpc) is 3.56. The Balaban J connectivity index is 1.13. The van der Waals surface area contributed by atoms with Gasteiger partial charge < -0.3 is 4.90 Å². The van der Waals surface area contributed by atoms with Gasteiger partial charge in [-0.2, -0.15) is 0 Å². The Kier molecular flexibility index (Phi) is 6.71. The van der Waals surface area contributed by atoms with Crippen LogP contribution in [0.5, 0.6) is 0 Å². The van der Waals surface area contributed by atoms with E-state index in [0.717, 1.165) is 21.9 Å². The zero-order chi connectivity index (χ0) is 33.0. The van der Waals surface area contributed by atoms with Gasteiger partial charge in [0.25, 0.3) is 0 Å². The third kappa shape index (κ3) is 4.74. The van der Waals surface area contributed by atoms with E-state index in [-0.39, 0.29) is 0 Å². The molecule has 2 aromatic heterocycles. The summed E-state index contributed by atoms with van der Waals surface area (Å²) < 4.78 is 1.26. The Hall–Kier alpha value is -6.29. The van der Waals surface area contributed by atoms with Gasteiger partial charge >= 0.3 is 0 Å². The molecule has 50 heavy (non-hydrogen) atoms. The van der Waals surface area contributed by atoms with E-state index >= 15 is 0 Å². The number of anilines is 3. The quantitative estimate of drug-likeness (QED) is 0.172. The van der Waals surface area contributed by atoms with Crippen LogP contribution in [0.2, 0.25) is 0 Å². The number of thiophene rings is 1. The molecular weight excluding hydrogens is 625 g/mol. The average molecular weight is 655 g/mol. The maximum atomic E-state index is 4.99. The lowest BCUT2D eigenvalue weighted by atomic mass is 9.91. The maximum Gasteiger partial charge on any atom is 0.124 e. The monoisotopic (exact) mass is 654 g/mol. The van der Waals surface area contributed by atoms with Crippen LogP contribution in [0.3, 0.4) is 0 Å². The summed E-state index contributed by atoms with van der Waals surface area (Å²) in [5, 5.41) is 10.1. The Morgan fingerprint density at radius 2 is 0.980 bits per heavy atom. The van der Waals surface area contributed by atoms with Crippen molar-refractivity contribution in [3.8, 4) is 22.3 Å². The molecule has 0 saturated carbocycles. The Morgan fingerprint density at radius 3 is 1.76 bits per heavy atom. The Morgan fingerprint density at radius 1 is 0.380 bits per heavy atom. The summed E-state index contributed by atoms with van der Waals surface area (Å²) in [6, 6.07) is 63.7. The minimum Gasteiger partial charge on any atom is -0.309 e. The molecule has 0 unspecified atom stereocenters. The number of hydrogen-bond donors (Lipinski definition) is 0. The van der Waals surface area contributed by atoms with E-state index in [9.17, 15) is 0 Å². The SMILES string of the molecule is c1ccc(-c2ccc(N(c3ccc(-c4cc5c6ccccc6ccc5c5ccccc45)cc3)c3cnc4sc5ccccc5c4c3)cc2)cc1. The minimum atomic E-state index is 1.03. The van der Waals surface area contributed by atoms with Crippen molar-refractivity contribution < 1.29 is 0 Å². The number of pyridine rings is 1. The van der Waals surface area contributed by atoms with Crippen LogP contribution in [-0.4, -0.2) is 4.98 Å². The number of hydrogen-bond acceptors (Lipinski definition) is 3. The number of rotatable bonds is 5. The normalized spacial score (nSPS) is 11.6. The van der Waals surface area contributed by atoms with Gasteiger partial charge in [0.15, 0.2) is 0 Å². The molecule has 2 nitrogen and oxygen atoms in total. The van der Waals surface area contributed by atoms with Crippen LogP contribution in [0.25, 0.3) is 74.9 Å². The van der Waals surface area contributed by atoms with Crippen LogP contribution in [0.15, 0.2) is 182 Å². The van der Waals surface area contributed by atoms with Crippen molar-refractivity contribution in [3.63, 3.8) is 0 Å². The highest BCUT2D eigenvalue weighted by Crippen LogP contribution is 2.42. The summed E-state index contributed by atoms with van der Waals surface area (Å²) in [5.74, 6) is 0. The summed E-state index contributed by atoms with van der Waals surface area (Å²) in [6.45, 7) is 0. The lowest BCUT2D eigenvalue weighted by Gasteiger charge is -2.26. The molecule has 0 atom stereocenters. The van der Waals surface area contributed by atoms with Crippen molar-refractivity contribution in [2.45, 2.75) is 0 Å². The van der Waals surface area contributed by atoms with Crippen molar-refractivity contribution in [3.05, 3.63) is 182 Å². The molecule has 10 aromatic rings. The van der Waals surface area contributed by atoms with E-state index in [1.54, 1.807) is 11.3 Å². The first kappa shape index (κ1) is 28.7. The van der Waals surface area contributed by atoms with Gasteiger partial charge in [0.1, 0.15) is 4.83 Å². The molecule has 0 spiro atoms. The van der Waals surface area contributed by atoms with Crippen molar-refractivity contribution in [1.82, 2.24) is 4.98 Å². The smallest absolute Gasteiger partial charge is 0.124 e. The topological polar surface area (TPSA) is 16.1 Å². The highest BCUT2D eigenvalue weighted by molar-refractivity contribution is 7.25. The predicted molar refractivity (Wildman–Crippen MR) is 215 cm³/mol. The molecule has 0 aliphatic rings. The van der Waals surface area contributed by atoms with Crippen LogP contribution in [0, 0.1) is 0 Å². The largest absolute Gasteiger partial charge is 0.309 e. The second kappa shape index (κ2) is 11.7. The summed E-state index contributed by atoms with van der Waals surface area (Å²) >= 11 is 1.75. The maximum absolute atomic E-state index is 4.99. The minimum absolute atomic E-state index is 1.03. The van der Waals surface area contributed by atoms with Crippen molar-refractivity contribution in [2.24, 2.45) is 0 Å². The van der Waals surface area contributed by atoms with Gasteiger partial charge in [0, 0.05) is 26.8 Å². The van der Waals surface area contributed by atoms with E-state index in [1.807, 2.05) is 6.20 Å². The van der Waals surface area contributed by atoms with Gasteiger partial charge in [-0.3, -0.25) is 0 Å². The van der Waals surface area contributed by atoms with E-state index in [0.29, 0.717) is 0 Å². The molecule has 2 heterocycles. The fourth-order valence-electron chi connectivity index (χ4n) is 7.49. The molecular formula is C47H30N2S. The van der Waals surface area contributed by atoms with E-state index in [4.69, 9.17) is 4.98 Å². The van der Waals surface area contributed by atoms with Crippen LogP contribution in [-0.2, 0) is 0 Å². The molecule has 0 saturated heterocycles. The zero-order valence-corrected chi connectivity index (χ0v) is 27.9. The van der Waals surface area contributed by atoms with E-state index < -0.39 is 0 Å². The third-order valence-electron chi connectivity index (χ3n) is 9.91. The van der Waals surface area contributed by atoms with Crippen LogP contribution >= 0.6 is 11.3 Å². The number of nitrogens with zero attached hydrogens (tertiary/aromatic N) is 2. The highest BCUT2D eigenvalue weighted by atomic mass is 32.1. The molecule has 8 aromatic carbocycles. The predicted octanol–water partition coefficient (Wildman–Crippen LogP) is 13.7. The second-order valence-corrected chi connectivity index (χ2v) is 13.8. The molecule has 0 bridgehead atoms. The molecule has 0 aliphatic carbocycles. The fourth-order valence-corrected chi connectivity index (χ4v) is 8.52. The zero-order valence-electron chi connectivity index (χ0n) is 27.1. The molecule has 10 rings (SSSR count). The molecule has 0 N–H and O–H groups in total. The molecule has 0 fully saturated rings. The molecule has 234 valence electrons. The van der Waals surface area contributed by atoms with Gasteiger partial charge in [-0.05, 0) is 97.0 Å². The molecule has 0 radical (unpaired) electrons. The lowest BCUT2D eigenvalue weighted by Crippen LogP contribution is -2.10. The first-order valence-corrected chi connectivity index (χ1v) is 17.8. The standard InChI is InChI=1S/C47H30N2S/c1-2-10-31(11-3-1)32-18-23-35(24-19-32)49(37-28-45-42-16-8-9-17-46(42)50-47(45)48-30-37)36-25-20-34(21-26-36)43-29-44-38-13-5-4-12-33(38)22-27-41(44)39-14-6-7-15-40(39)43/h1-30H. The van der Waals surface area contributed by atoms with E-state index in [1.165, 1.54) is 70.0 Å². The molecule has 0 aliphatic heterocycles. The van der Waals surface area contributed by atoms with Crippen LogP contribution in [0.1, 0.15) is 0 Å². The molecule has 3 heteroatoms. The number of aromatic nitrogens is 1. The Bertz CT molecular complexity index is 2850. The summed E-state index contributed by atoms with van der Waals surface area (Å²) in [6.07, 6.45) is 2.01. The van der Waals surface area contributed by atoms with Crippen molar-refractivity contribution >= 4 is 81.0 Å². The van der Waals surface area contributed by atoms with Crippen molar-refractivity contribution in [1.29, 1.82) is 0 Å². The van der Waals surface area contributed by atoms with Crippen LogP contribution < -0.4 is 4.90 Å². The van der Waals surface area contributed by atoms with Crippen LogP contribution in [0.4, 0.5) is 17.1 Å². The third-order valence-corrected chi connectivity index (χ3v) is 11.0.